The Morgan fingerprint density at radius 2 is 1.63 bits per heavy atom. The molecule has 0 saturated heterocycles. The van der Waals surface area contributed by atoms with Gasteiger partial charge in [-0.15, -0.1) is 0 Å². The number of hydrogen-bond acceptors (Lipinski definition) is 5. The smallest absolute Gasteiger partial charge is 0.306 e. The van der Waals surface area contributed by atoms with Gasteiger partial charge in [0.2, 0.25) is 0 Å². The van der Waals surface area contributed by atoms with Gasteiger partial charge in [0.05, 0.1) is 16.5 Å². The molecular formula is C29H30Cl2F2N2O3. The minimum absolute atomic E-state index is 0.0851. The molecule has 3 aromatic carbocycles. The Hall–Kier alpha value is -2.84. The van der Waals surface area contributed by atoms with Gasteiger partial charge < -0.3 is 15.8 Å². The SMILES string of the molecule is CCc1cccc(CNC[C@@H](OC(=O)CCC(=O)c2ccc(Cl)c(Cl)c2)[C@@H](N)Cc2cc(F)cc(F)c2)c1. The van der Waals surface area contributed by atoms with Crippen LogP contribution in [-0.2, 0) is 28.9 Å². The van der Waals surface area contributed by atoms with Gasteiger partial charge in [-0.25, -0.2) is 8.78 Å². The normalized spacial score (nSPS) is 12.7. The molecule has 0 aliphatic carbocycles. The van der Waals surface area contributed by atoms with Crippen LogP contribution in [0.4, 0.5) is 8.78 Å². The molecule has 0 heterocycles. The van der Waals surface area contributed by atoms with Crippen molar-refractivity contribution >= 4 is 35.0 Å². The Kier molecular flexibility index (Phi) is 11.2. The topological polar surface area (TPSA) is 81.4 Å². The number of halogens is 4. The van der Waals surface area contributed by atoms with Gasteiger partial charge in [0.25, 0.3) is 0 Å². The highest BCUT2D eigenvalue weighted by atomic mass is 35.5. The number of rotatable bonds is 13. The Morgan fingerprint density at radius 1 is 0.921 bits per heavy atom. The molecule has 0 aliphatic rings. The Morgan fingerprint density at radius 3 is 2.32 bits per heavy atom. The summed E-state index contributed by atoms with van der Waals surface area (Å²) in [5.74, 6) is -2.32. The summed E-state index contributed by atoms with van der Waals surface area (Å²) in [7, 11) is 0. The molecule has 3 N–H and O–H groups in total. The van der Waals surface area contributed by atoms with Crippen molar-refractivity contribution in [1.82, 2.24) is 5.32 Å². The van der Waals surface area contributed by atoms with E-state index < -0.39 is 29.7 Å². The maximum atomic E-state index is 13.7. The fourth-order valence-electron chi connectivity index (χ4n) is 3.99. The average molecular weight is 563 g/mol. The average Bonchev–Trinajstić information content (AvgIpc) is 2.87. The van der Waals surface area contributed by atoms with Crippen molar-refractivity contribution in [3.8, 4) is 0 Å². The minimum Gasteiger partial charge on any atom is -0.459 e. The largest absolute Gasteiger partial charge is 0.459 e. The highest BCUT2D eigenvalue weighted by molar-refractivity contribution is 6.42. The zero-order valence-corrected chi connectivity index (χ0v) is 22.5. The molecule has 0 unspecified atom stereocenters. The van der Waals surface area contributed by atoms with Crippen molar-refractivity contribution in [2.75, 3.05) is 6.54 Å². The number of esters is 1. The summed E-state index contributed by atoms with van der Waals surface area (Å²) in [4.78, 5) is 25.2. The van der Waals surface area contributed by atoms with E-state index in [4.69, 9.17) is 33.7 Å². The van der Waals surface area contributed by atoms with E-state index in [1.54, 1.807) is 0 Å². The molecule has 9 heteroatoms. The highest BCUT2D eigenvalue weighted by Gasteiger charge is 2.23. The number of ketones is 1. The second-order valence-electron chi connectivity index (χ2n) is 9.03. The second kappa shape index (κ2) is 14.4. The van der Waals surface area contributed by atoms with Crippen molar-refractivity contribution in [3.05, 3.63) is 105 Å². The fourth-order valence-corrected chi connectivity index (χ4v) is 4.29. The number of carbonyl (C=O) groups excluding carboxylic acids is 2. The van der Waals surface area contributed by atoms with Crippen LogP contribution in [0.3, 0.4) is 0 Å². The molecular weight excluding hydrogens is 533 g/mol. The zero-order valence-electron chi connectivity index (χ0n) is 21.0. The molecule has 0 radical (unpaired) electrons. The van der Waals surface area contributed by atoms with Crippen LogP contribution in [0.15, 0.2) is 60.7 Å². The number of aryl methyl sites for hydroxylation is 1. The molecule has 0 bridgehead atoms. The Bertz CT molecular complexity index is 1250. The van der Waals surface area contributed by atoms with Gasteiger partial charge in [-0.3, -0.25) is 9.59 Å². The van der Waals surface area contributed by atoms with Crippen LogP contribution in [-0.4, -0.2) is 30.4 Å². The molecule has 0 amide bonds. The summed E-state index contributed by atoms with van der Waals surface area (Å²) in [5.41, 5.74) is 9.29. The van der Waals surface area contributed by atoms with Crippen molar-refractivity contribution in [2.24, 2.45) is 5.73 Å². The number of nitrogens with two attached hydrogens (primary N) is 1. The second-order valence-corrected chi connectivity index (χ2v) is 9.84. The maximum absolute atomic E-state index is 13.7. The summed E-state index contributed by atoms with van der Waals surface area (Å²) >= 11 is 11.9. The number of carbonyl (C=O) groups is 2. The van der Waals surface area contributed by atoms with Crippen LogP contribution in [0.1, 0.15) is 46.8 Å². The standard InChI is InChI=1S/C29H30Cl2F2N2O3/c1-2-18-4-3-5-19(10-18)16-35-17-28(26(34)13-20-11-22(32)15-23(33)12-20)38-29(37)9-8-27(36)21-6-7-24(30)25(31)14-21/h3-7,10-12,14-15,26,28,35H,2,8-9,13,16-17,34H2,1H3/t26-,28+/m0/s1. The summed E-state index contributed by atoms with van der Waals surface area (Å²) in [6, 6.07) is 15.0. The van der Waals surface area contributed by atoms with Crippen LogP contribution < -0.4 is 11.1 Å². The first-order chi connectivity index (χ1) is 18.1. The van der Waals surface area contributed by atoms with Crippen molar-refractivity contribution in [2.45, 2.75) is 51.3 Å². The van der Waals surface area contributed by atoms with Crippen LogP contribution in [0.5, 0.6) is 0 Å². The number of ether oxygens (including phenoxy) is 1. The molecule has 202 valence electrons. The lowest BCUT2D eigenvalue weighted by atomic mass is 10.0. The van der Waals surface area contributed by atoms with Crippen LogP contribution in [0.2, 0.25) is 10.0 Å². The molecule has 0 aliphatic heterocycles. The van der Waals surface area contributed by atoms with E-state index >= 15 is 0 Å². The molecule has 2 atom stereocenters. The third-order valence-electron chi connectivity index (χ3n) is 6.03. The molecule has 0 fully saturated rings. The quantitative estimate of drug-likeness (QED) is 0.195. The van der Waals surface area contributed by atoms with Crippen molar-refractivity contribution in [1.29, 1.82) is 0 Å². The molecule has 5 nitrogen and oxygen atoms in total. The summed E-state index contributed by atoms with van der Waals surface area (Å²) in [5, 5.41) is 3.82. The lowest BCUT2D eigenvalue weighted by molar-refractivity contribution is -0.149. The molecule has 0 saturated carbocycles. The predicted octanol–water partition coefficient (Wildman–Crippen LogP) is 6.07. The zero-order chi connectivity index (χ0) is 27.7. The Labute approximate surface area is 231 Å². The summed E-state index contributed by atoms with van der Waals surface area (Å²) < 4.78 is 33.0. The third kappa shape index (κ3) is 9.17. The van der Waals surface area contributed by atoms with E-state index in [9.17, 15) is 18.4 Å². The molecule has 0 aromatic heterocycles. The van der Waals surface area contributed by atoms with Gasteiger partial charge >= 0.3 is 5.97 Å². The van der Waals surface area contributed by atoms with Gasteiger partial charge in [-0.05, 0) is 59.9 Å². The van der Waals surface area contributed by atoms with Crippen LogP contribution in [0.25, 0.3) is 0 Å². The predicted molar refractivity (Wildman–Crippen MR) is 145 cm³/mol. The van der Waals surface area contributed by atoms with Gasteiger partial charge in [-0.2, -0.15) is 0 Å². The fraction of sp³-hybridized carbons (Fsp3) is 0.310. The first kappa shape index (κ1) is 29.7. The first-order valence-corrected chi connectivity index (χ1v) is 13.1. The minimum atomic E-state index is -0.803. The van der Waals surface area contributed by atoms with Crippen molar-refractivity contribution < 1.29 is 23.1 Å². The number of benzene rings is 3. The van der Waals surface area contributed by atoms with Crippen LogP contribution in [0, 0.1) is 11.6 Å². The third-order valence-corrected chi connectivity index (χ3v) is 6.77. The van der Waals surface area contributed by atoms with E-state index in [0.717, 1.165) is 18.1 Å². The lowest BCUT2D eigenvalue weighted by Crippen LogP contribution is -2.46. The van der Waals surface area contributed by atoms with Gasteiger partial charge in [0.1, 0.15) is 17.7 Å². The number of nitrogens with one attached hydrogen (secondary N) is 1. The van der Waals surface area contributed by atoms with Crippen molar-refractivity contribution in [3.63, 3.8) is 0 Å². The monoisotopic (exact) mass is 562 g/mol. The molecule has 0 spiro atoms. The van der Waals surface area contributed by atoms with E-state index in [1.165, 1.54) is 35.9 Å². The molecule has 3 rings (SSSR count). The van der Waals surface area contributed by atoms with E-state index in [2.05, 4.69) is 18.3 Å². The first-order valence-electron chi connectivity index (χ1n) is 12.3. The van der Waals surface area contributed by atoms with E-state index in [0.29, 0.717) is 22.7 Å². The molecule has 38 heavy (non-hydrogen) atoms. The van der Waals surface area contributed by atoms with Gasteiger partial charge in [0.15, 0.2) is 5.78 Å². The van der Waals surface area contributed by atoms with Gasteiger partial charge in [0, 0.05) is 37.2 Å². The summed E-state index contributed by atoms with van der Waals surface area (Å²) in [6.07, 6.45) is -0.0739. The van der Waals surface area contributed by atoms with E-state index in [1.807, 2.05) is 18.2 Å². The summed E-state index contributed by atoms with van der Waals surface area (Å²) in [6.45, 7) is 2.80. The van der Waals surface area contributed by atoms with E-state index in [-0.39, 0.29) is 36.6 Å². The van der Waals surface area contributed by atoms with Crippen LogP contribution >= 0.6 is 23.2 Å². The number of hydrogen-bond donors (Lipinski definition) is 2. The number of Topliss-reactive ketones (excluding diaryl/α,β-unsaturated/α-hetero) is 1. The highest BCUT2D eigenvalue weighted by Crippen LogP contribution is 2.23. The maximum Gasteiger partial charge on any atom is 0.306 e. The van der Waals surface area contributed by atoms with Gasteiger partial charge in [-0.1, -0.05) is 54.4 Å². The lowest BCUT2D eigenvalue weighted by Gasteiger charge is -2.25. The Balaban J connectivity index is 1.63. The molecule has 3 aromatic rings.